The zero-order valence-corrected chi connectivity index (χ0v) is 16.7. The van der Waals surface area contributed by atoms with Crippen molar-refractivity contribution in [1.82, 2.24) is 14.8 Å². The lowest BCUT2D eigenvalue weighted by Crippen LogP contribution is -2.44. The Morgan fingerprint density at radius 2 is 2.10 bits per heavy atom. The summed E-state index contributed by atoms with van der Waals surface area (Å²) in [5.41, 5.74) is 4.69. The van der Waals surface area contributed by atoms with Crippen LogP contribution in [0.15, 0.2) is 42.7 Å². The molecular formula is C22H23FN6O. The maximum atomic E-state index is 13.1. The van der Waals surface area contributed by atoms with Crippen molar-refractivity contribution >= 4 is 23.1 Å². The Kier molecular flexibility index (Phi) is 4.61. The molecular weight excluding hydrogens is 383 g/mol. The Labute approximate surface area is 173 Å². The number of anilines is 3. The summed E-state index contributed by atoms with van der Waals surface area (Å²) >= 11 is 0. The summed E-state index contributed by atoms with van der Waals surface area (Å²) in [5.74, 6) is 0.607. The molecule has 2 aliphatic rings. The zero-order chi connectivity index (χ0) is 20.7. The van der Waals surface area contributed by atoms with Gasteiger partial charge in [-0.2, -0.15) is 5.10 Å². The average Bonchev–Trinajstić information content (AvgIpc) is 3.39. The number of benzene rings is 1. The van der Waals surface area contributed by atoms with Gasteiger partial charge in [0, 0.05) is 30.9 Å². The van der Waals surface area contributed by atoms with E-state index in [1.165, 1.54) is 12.1 Å². The Bertz CT molecular complexity index is 1090. The van der Waals surface area contributed by atoms with Gasteiger partial charge in [-0.3, -0.25) is 9.48 Å². The summed E-state index contributed by atoms with van der Waals surface area (Å²) < 4.78 is 14.9. The van der Waals surface area contributed by atoms with Crippen LogP contribution in [0.5, 0.6) is 0 Å². The van der Waals surface area contributed by atoms with E-state index in [1.807, 2.05) is 30.1 Å². The summed E-state index contributed by atoms with van der Waals surface area (Å²) in [4.78, 5) is 19.1. The number of hydrogen-bond donors (Lipinski definition) is 2. The van der Waals surface area contributed by atoms with Crippen LogP contribution in [0.4, 0.5) is 21.6 Å². The minimum Gasteiger partial charge on any atom is -0.366 e. The number of nitrogens with one attached hydrogen (secondary N) is 2. The first-order valence-electron chi connectivity index (χ1n) is 10.2. The van der Waals surface area contributed by atoms with E-state index in [0.29, 0.717) is 13.1 Å². The maximum absolute atomic E-state index is 13.1. The van der Waals surface area contributed by atoms with Crippen molar-refractivity contribution in [2.45, 2.75) is 38.9 Å². The van der Waals surface area contributed by atoms with Crippen LogP contribution in [-0.2, 0) is 17.9 Å². The molecule has 2 N–H and O–H groups in total. The first kappa shape index (κ1) is 18.6. The quantitative estimate of drug-likeness (QED) is 0.680. The number of carbonyl (C=O) groups excluding carboxylic acids is 1. The highest BCUT2D eigenvalue weighted by molar-refractivity contribution is 6.04. The van der Waals surface area contributed by atoms with Crippen molar-refractivity contribution in [3.63, 3.8) is 0 Å². The van der Waals surface area contributed by atoms with Gasteiger partial charge >= 0.3 is 0 Å². The summed E-state index contributed by atoms with van der Waals surface area (Å²) in [5, 5.41) is 10.8. The van der Waals surface area contributed by atoms with Gasteiger partial charge in [-0.1, -0.05) is 12.1 Å². The van der Waals surface area contributed by atoms with Gasteiger partial charge in [-0.25, -0.2) is 9.37 Å². The molecule has 1 aromatic carbocycles. The number of amides is 1. The van der Waals surface area contributed by atoms with E-state index < -0.39 is 0 Å². The fraction of sp³-hybridized carbons (Fsp3) is 0.318. The summed E-state index contributed by atoms with van der Waals surface area (Å²) in [6, 6.07) is 8.38. The predicted octanol–water partition coefficient (Wildman–Crippen LogP) is 3.31. The number of pyridine rings is 1. The first-order valence-corrected chi connectivity index (χ1v) is 10.2. The lowest BCUT2D eigenvalue weighted by atomic mass is 10.1. The molecule has 1 amide bonds. The SMILES string of the molecule is Cc1nc(NCc2cnn(Cc3ccc(F)cc3)c2)cc2c1NC(=O)[C@@H]1CCCN21. The molecule has 8 heteroatoms. The molecule has 2 aliphatic heterocycles. The normalized spacial score (nSPS) is 17.5. The second-order valence-corrected chi connectivity index (χ2v) is 7.85. The smallest absolute Gasteiger partial charge is 0.247 e. The highest BCUT2D eigenvalue weighted by Gasteiger charge is 2.37. The molecule has 5 rings (SSSR count). The van der Waals surface area contributed by atoms with E-state index in [1.54, 1.807) is 12.1 Å². The fourth-order valence-electron chi connectivity index (χ4n) is 4.22. The zero-order valence-electron chi connectivity index (χ0n) is 16.7. The monoisotopic (exact) mass is 406 g/mol. The Hall–Kier alpha value is -3.42. The van der Waals surface area contributed by atoms with Crippen LogP contribution < -0.4 is 15.5 Å². The Morgan fingerprint density at radius 1 is 1.27 bits per heavy atom. The van der Waals surface area contributed by atoms with Crippen LogP contribution in [0.1, 0.15) is 29.7 Å². The van der Waals surface area contributed by atoms with E-state index in [2.05, 4.69) is 25.6 Å². The van der Waals surface area contributed by atoms with E-state index in [-0.39, 0.29) is 17.8 Å². The number of nitrogens with zero attached hydrogens (tertiary/aromatic N) is 4. The Morgan fingerprint density at radius 3 is 2.93 bits per heavy atom. The number of aryl methyl sites for hydroxylation is 1. The van der Waals surface area contributed by atoms with Crippen LogP contribution in [0, 0.1) is 12.7 Å². The van der Waals surface area contributed by atoms with Crippen molar-refractivity contribution in [3.05, 3.63) is 65.4 Å². The molecule has 3 aromatic rings. The van der Waals surface area contributed by atoms with E-state index in [4.69, 9.17) is 0 Å². The standard InChI is InChI=1S/C22H23FN6O/c1-14-21-19(29-8-2-3-18(29)22(30)27-21)9-20(26-14)24-10-16-11-25-28(13-16)12-15-4-6-17(23)7-5-15/h4-7,9,11,13,18H,2-3,8,10,12H2,1H3,(H,24,26)(H,27,30)/t18-/m0/s1. The summed E-state index contributed by atoms with van der Waals surface area (Å²) in [6.45, 7) is 3.99. The number of hydrogen-bond acceptors (Lipinski definition) is 5. The molecule has 0 bridgehead atoms. The van der Waals surface area contributed by atoms with Crippen molar-refractivity contribution in [2.24, 2.45) is 0 Å². The number of rotatable bonds is 5. The van der Waals surface area contributed by atoms with Crippen molar-refractivity contribution in [2.75, 3.05) is 22.1 Å². The second-order valence-electron chi connectivity index (χ2n) is 7.85. The van der Waals surface area contributed by atoms with Crippen LogP contribution in [0.2, 0.25) is 0 Å². The first-order chi connectivity index (χ1) is 14.6. The van der Waals surface area contributed by atoms with Gasteiger partial charge in [0.05, 0.1) is 29.8 Å². The van der Waals surface area contributed by atoms with E-state index in [9.17, 15) is 9.18 Å². The molecule has 0 spiro atoms. The number of halogens is 1. The third-order valence-electron chi connectivity index (χ3n) is 5.71. The average molecular weight is 406 g/mol. The highest BCUT2D eigenvalue weighted by atomic mass is 19.1. The van der Waals surface area contributed by atoms with E-state index in [0.717, 1.165) is 53.4 Å². The van der Waals surface area contributed by atoms with Crippen LogP contribution in [-0.4, -0.2) is 33.3 Å². The molecule has 0 radical (unpaired) electrons. The van der Waals surface area contributed by atoms with Crippen LogP contribution in [0.25, 0.3) is 0 Å². The largest absolute Gasteiger partial charge is 0.366 e. The topological polar surface area (TPSA) is 75.1 Å². The van der Waals surface area contributed by atoms with Gasteiger partial charge in [-0.15, -0.1) is 0 Å². The molecule has 1 atom stereocenters. The van der Waals surface area contributed by atoms with Gasteiger partial charge in [0.25, 0.3) is 0 Å². The number of carbonyl (C=O) groups is 1. The third-order valence-corrected chi connectivity index (χ3v) is 5.71. The maximum Gasteiger partial charge on any atom is 0.247 e. The number of fused-ring (bicyclic) bond motifs is 3. The minimum absolute atomic E-state index is 0.0687. The molecule has 30 heavy (non-hydrogen) atoms. The van der Waals surface area contributed by atoms with E-state index >= 15 is 0 Å². The highest BCUT2D eigenvalue weighted by Crippen LogP contribution is 2.39. The molecule has 7 nitrogen and oxygen atoms in total. The molecule has 4 heterocycles. The fourth-order valence-corrected chi connectivity index (χ4v) is 4.22. The predicted molar refractivity (Wildman–Crippen MR) is 113 cm³/mol. The summed E-state index contributed by atoms with van der Waals surface area (Å²) in [7, 11) is 0. The van der Waals surface area contributed by atoms with Crippen LogP contribution >= 0.6 is 0 Å². The van der Waals surface area contributed by atoms with Crippen molar-refractivity contribution < 1.29 is 9.18 Å². The lowest BCUT2D eigenvalue weighted by molar-refractivity contribution is -0.117. The molecule has 2 aromatic heterocycles. The van der Waals surface area contributed by atoms with Gasteiger partial charge in [0.15, 0.2) is 0 Å². The van der Waals surface area contributed by atoms with Gasteiger partial charge in [0.2, 0.25) is 5.91 Å². The molecule has 0 saturated carbocycles. The minimum atomic E-state index is -0.239. The van der Waals surface area contributed by atoms with Crippen molar-refractivity contribution in [3.8, 4) is 0 Å². The van der Waals surface area contributed by atoms with Crippen LogP contribution in [0.3, 0.4) is 0 Å². The second kappa shape index (κ2) is 7.44. The van der Waals surface area contributed by atoms with Gasteiger partial charge in [-0.05, 0) is 37.5 Å². The summed E-state index contributed by atoms with van der Waals surface area (Å²) in [6.07, 6.45) is 5.70. The lowest BCUT2D eigenvalue weighted by Gasteiger charge is -2.33. The molecule has 0 unspecified atom stereocenters. The third kappa shape index (κ3) is 3.49. The Balaban J connectivity index is 1.29. The molecule has 1 saturated heterocycles. The molecule has 1 fully saturated rings. The van der Waals surface area contributed by atoms with Gasteiger partial charge in [0.1, 0.15) is 17.7 Å². The molecule has 0 aliphatic carbocycles. The van der Waals surface area contributed by atoms with Gasteiger partial charge < -0.3 is 15.5 Å². The van der Waals surface area contributed by atoms with Crippen molar-refractivity contribution in [1.29, 1.82) is 0 Å². The number of aromatic nitrogens is 3. The molecule has 154 valence electrons.